The minimum Gasteiger partial charge on any atom is -0.301 e. The molecule has 5 heteroatoms. The molecule has 5 nitrogen and oxygen atoms in total. The van der Waals surface area contributed by atoms with E-state index in [9.17, 15) is 0 Å². The minimum atomic E-state index is -0.205. The molecule has 146 valence electrons. The first-order chi connectivity index (χ1) is 13.6. The molecule has 0 aliphatic heterocycles. The Morgan fingerprint density at radius 1 is 1.04 bits per heavy atom. The van der Waals surface area contributed by atoms with Crippen LogP contribution in [-0.4, -0.2) is 20.2 Å². The van der Waals surface area contributed by atoms with Crippen molar-refractivity contribution in [2.45, 2.75) is 58.5 Å². The molecular formula is C23H29N5. The molecule has 0 amide bonds. The van der Waals surface area contributed by atoms with Crippen LogP contribution in [0.4, 0.5) is 0 Å². The summed E-state index contributed by atoms with van der Waals surface area (Å²) in [4.78, 5) is 0. The molecule has 28 heavy (non-hydrogen) atoms. The maximum atomic E-state index is 4.52. The molecule has 0 unspecified atom stereocenters. The summed E-state index contributed by atoms with van der Waals surface area (Å²) in [6.45, 7) is 7.39. The van der Waals surface area contributed by atoms with Gasteiger partial charge in [-0.15, -0.1) is 5.10 Å². The molecule has 1 N–H and O–H groups in total. The lowest BCUT2D eigenvalue weighted by Gasteiger charge is -2.39. The molecular weight excluding hydrogens is 346 g/mol. The molecule has 0 spiro atoms. The van der Waals surface area contributed by atoms with E-state index in [1.807, 2.05) is 4.68 Å². The van der Waals surface area contributed by atoms with Gasteiger partial charge in [0.2, 0.25) is 0 Å². The van der Waals surface area contributed by atoms with Crippen LogP contribution in [0.1, 0.15) is 55.1 Å². The summed E-state index contributed by atoms with van der Waals surface area (Å²) in [5.41, 5.74) is 4.56. The van der Waals surface area contributed by atoms with Crippen molar-refractivity contribution in [2.24, 2.45) is 5.92 Å². The summed E-state index contributed by atoms with van der Waals surface area (Å²) in [6.07, 6.45) is 4.46. The molecule has 1 fully saturated rings. The van der Waals surface area contributed by atoms with Crippen LogP contribution in [0.5, 0.6) is 0 Å². The third-order valence-electron chi connectivity index (χ3n) is 5.95. The van der Waals surface area contributed by atoms with Gasteiger partial charge >= 0.3 is 0 Å². The standard InChI is InChI=1S/C23H29N5/c1-17-9-11-23(12-10-17,24-16-20-7-5-4-6-8-20)22-25-26-27-28(22)21-14-18(2)13-19(3)15-21/h4-8,13-15,17,24H,9-12,16H2,1-3H3. The second-order valence-electron chi connectivity index (χ2n) is 8.36. The van der Waals surface area contributed by atoms with Crippen LogP contribution < -0.4 is 5.32 Å². The molecule has 0 bridgehead atoms. The number of aromatic nitrogens is 4. The first-order valence-electron chi connectivity index (χ1n) is 10.2. The lowest BCUT2D eigenvalue weighted by Crippen LogP contribution is -2.46. The summed E-state index contributed by atoms with van der Waals surface area (Å²) < 4.78 is 1.94. The molecule has 0 radical (unpaired) electrons. The number of nitrogens with zero attached hydrogens (tertiary/aromatic N) is 4. The highest BCUT2D eigenvalue weighted by Crippen LogP contribution is 2.39. The molecule has 3 aromatic rings. The number of rotatable bonds is 5. The number of benzene rings is 2. The van der Waals surface area contributed by atoms with E-state index in [1.54, 1.807) is 0 Å². The lowest BCUT2D eigenvalue weighted by atomic mass is 9.76. The Balaban J connectivity index is 1.70. The normalized spacial score (nSPS) is 22.3. The van der Waals surface area contributed by atoms with Crippen molar-refractivity contribution >= 4 is 0 Å². The Kier molecular flexibility index (Phi) is 5.27. The quantitative estimate of drug-likeness (QED) is 0.715. The second-order valence-corrected chi connectivity index (χ2v) is 8.36. The van der Waals surface area contributed by atoms with Gasteiger partial charge in [-0.2, -0.15) is 4.68 Å². The minimum absolute atomic E-state index is 0.205. The number of tetrazole rings is 1. The summed E-state index contributed by atoms with van der Waals surface area (Å²) in [7, 11) is 0. The summed E-state index contributed by atoms with van der Waals surface area (Å²) in [5, 5.41) is 16.8. The van der Waals surface area contributed by atoms with Crippen molar-refractivity contribution in [1.29, 1.82) is 0 Å². The fourth-order valence-electron chi connectivity index (χ4n) is 4.33. The maximum absolute atomic E-state index is 4.52. The highest BCUT2D eigenvalue weighted by Gasteiger charge is 2.40. The van der Waals surface area contributed by atoms with Gasteiger partial charge in [-0.25, -0.2) is 0 Å². The fraction of sp³-hybridized carbons (Fsp3) is 0.435. The van der Waals surface area contributed by atoms with Crippen LogP contribution in [0.25, 0.3) is 5.69 Å². The van der Waals surface area contributed by atoms with Crippen molar-refractivity contribution in [3.63, 3.8) is 0 Å². The number of nitrogens with one attached hydrogen (secondary N) is 1. The van der Waals surface area contributed by atoms with Crippen molar-refractivity contribution in [2.75, 3.05) is 0 Å². The second kappa shape index (κ2) is 7.84. The van der Waals surface area contributed by atoms with Gasteiger partial charge in [0, 0.05) is 6.54 Å². The van der Waals surface area contributed by atoms with Crippen LogP contribution in [0, 0.1) is 19.8 Å². The molecule has 1 aromatic heterocycles. The largest absolute Gasteiger partial charge is 0.301 e. The molecule has 0 saturated heterocycles. The van der Waals surface area contributed by atoms with E-state index in [1.165, 1.54) is 29.5 Å². The third-order valence-corrected chi connectivity index (χ3v) is 5.95. The predicted octanol–water partition coefficient (Wildman–Crippen LogP) is 4.47. The fourth-order valence-corrected chi connectivity index (χ4v) is 4.33. The third kappa shape index (κ3) is 3.85. The smallest absolute Gasteiger partial charge is 0.176 e. The zero-order valence-corrected chi connectivity index (χ0v) is 17.0. The van der Waals surface area contributed by atoms with Crippen molar-refractivity contribution in [3.8, 4) is 5.69 Å². The van der Waals surface area contributed by atoms with Gasteiger partial charge in [-0.05, 0) is 84.7 Å². The number of aryl methyl sites for hydroxylation is 2. The van der Waals surface area contributed by atoms with Gasteiger partial charge in [0.05, 0.1) is 11.2 Å². The van der Waals surface area contributed by atoms with Crippen LogP contribution >= 0.6 is 0 Å². The van der Waals surface area contributed by atoms with Crippen LogP contribution in [0.2, 0.25) is 0 Å². The summed E-state index contributed by atoms with van der Waals surface area (Å²) in [5.74, 6) is 1.68. The van der Waals surface area contributed by atoms with Crippen LogP contribution in [-0.2, 0) is 12.1 Å². The monoisotopic (exact) mass is 375 g/mol. The number of hydrogen-bond acceptors (Lipinski definition) is 4. The summed E-state index contributed by atoms with van der Waals surface area (Å²) >= 11 is 0. The molecule has 1 heterocycles. The molecule has 0 atom stereocenters. The van der Waals surface area contributed by atoms with Gasteiger partial charge in [-0.3, -0.25) is 0 Å². The zero-order chi connectivity index (χ0) is 19.6. The maximum Gasteiger partial charge on any atom is 0.176 e. The van der Waals surface area contributed by atoms with Crippen molar-refractivity contribution in [1.82, 2.24) is 25.5 Å². The lowest BCUT2D eigenvalue weighted by molar-refractivity contribution is 0.180. The number of hydrogen-bond donors (Lipinski definition) is 1. The topological polar surface area (TPSA) is 55.6 Å². The van der Waals surface area contributed by atoms with Gasteiger partial charge in [-0.1, -0.05) is 43.3 Å². The first-order valence-corrected chi connectivity index (χ1v) is 10.2. The Hall–Kier alpha value is -2.53. The van der Waals surface area contributed by atoms with Gasteiger partial charge < -0.3 is 5.32 Å². The van der Waals surface area contributed by atoms with E-state index in [2.05, 4.69) is 90.1 Å². The SMILES string of the molecule is Cc1cc(C)cc(-n2nnnc2C2(NCc3ccccc3)CCC(C)CC2)c1. The van der Waals surface area contributed by atoms with E-state index < -0.39 is 0 Å². The average molecular weight is 376 g/mol. The Morgan fingerprint density at radius 2 is 1.71 bits per heavy atom. The van der Waals surface area contributed by atoms with Crippen molar-refractivity contribution in [3.05, 3.63) is 71.0 Å². The Bertz CT molecular complexity index is 903. The Morgan fingerprint density at radius 3 is 2.39 bits per heavy atom. The van der Waals surface area contributed by atoms with E-state index in [0.29, 0.717) is 0 Å². The molecule has 4 rings (SSSR count). The van der Waals surface area contributed by atoms with Gasteiger partial charge in [0.15, 0.2) is 5.82 Å². The highest BCUT2D eigenvalue weighted by atomic mass is 15.6. The zero-order valence-electron chi connectivity index (χ0n) is 17.0. The van der Waals surface area contributed by atoms with Gasteiger partial charge in [0.25, 0.3) is 0 Å². The predicted molar refractivity (Wildman–Crippen MR) is 111 cm³/mol. The molecule has 2 aromatic carbocycles. The van der Waals surface area contributed by atoms with Crippen LogP contribution in [0.3, 0.4) is 0 Å². The molecule has 1 saturated carbocycles. The van der Waals surface area contributed by atoms with E-state index in [4.69, 9.17) is 0 Å². The highest BCUT2D eigenvalue weighted by molar-refractivity contribution is 5.39. The van der Waals surface area contributed by atoms with Crippen molar-refractivity contribution < 1.29 is 0 Å². The van der Waals surface area contributed by atoms with E-state index >= 15 is 0 Å². The van der Waals surface area contributed by atoms with Gasteiger partial charge in [0.1, 0.15) is 0 Å². The Labute approximate surface area is 167 Å². The van der Waals surface area contributed by atoms with Crippen LogP contribution in [0.15, 0.2) is 48.5 Å². The summed E-state index contributed by atoms with van der Waals surface area (Å²) in [6, 6.07) is 17.1. The first kappa shape index (κ1) is 18.8. The molecule has 1 aliphatic carbocycles. The average Bonchev–Trinajstić information content (AvgIpc) is 3.19. The molecule has 1 aliphatic rings. The van der Waals surface area contributed by atoms with E-state index in [0.717, 1.165) is 36.8 Å². The van der Waals surface area contributed by atoms with E-state index in [-0.39, 0.29) is 5.54 Å².